The molecule has 201 valence electrons. The summed E-state index contributed by atoms with van der Waals surface area (Å²) in [5.74, 6) is 4.20. The molecule has 0 aromatic rings. The zero-order chi connectivity index (χ0) is 25.3. The lowest BCUT2D eigenvalue weighted by Crippen LogP contribution is -2.31. The molecule has 0 nitrogen and oxygen atoms in total. The Morgan fingerprint density at radius 2 is 1.46 bits per heavy atom. The van der Waals surface area contributed by atoms with Gasteiger partial charge >= 0.3 is 0 Å². The smallest absolute Gasteiger partial charge is 0.0920 e. The van der Waals surface area contributed by atoms with Gasteiger partial charge in [0, 0.05) is 3.92 Å². The van der Waals surface area contributed by atoms with E-state index in [-0.39, 0.29) is 0 Å². The second kappa shape index (κ2) is 19.4. The van der Waals surface area contributed by atoms with Crippen LogP contribution in [0, 0.1) is 29.6 Å². The number of rotatable bonds is 20. The fourth-order valence-electron chi connectivity index (χ4n) is 6.88. The van der Waals surface area contributed by atoms with Crippen LogP contribution in [0.15, 0.2) is 23.8 Å². The Kier molecular flexibility index (Phi) is 17.4. The number of halogens is 1. The molecule has 6 atom stereocenters. The summed E-state index contributed by atoms with van der Waals surface area (Å²) in [5.41, 5.74) is 1.90. The molecule has 2 aliphatic rings. The average Bonchev–Trinajstić information content (AvgIpc) is 2.84. The molecule has 6 unspecified atom stereocenters. The van der Waals surface area contributed by atoms with E-state index in [1.54, 1.807) is 0 Å². The quantitative estimate of drug-likeness (QED) is 0.0433. The highest BCUT2D eigenvalue weighted by Crippen LogP contribution is 2.48. The average molecular weight is 594 g/mol. The maximum absolute atomic E-state index is 2.89. The van der Waals surface area contributed by atoms with Crippen LogP contribution >= 0.6 is 22.6 Å². The first kappa shape index (κ1) is 31.5. The number of hydrogen-bond donors (Lipinski definition) is 0. The van der Waals surface area contributed by atoms with Gasteiger partial charge in [-0.3, -0.25) is 0 Å². The van der Waals surface area contributed by atoms with Gasteiger partial charge in [-0.25, -0.2) is 0 Å². The predicted octanol–water partition coefficient (Wildman–Crippen LogP) is 11.6. The van der Waals surface area contributed by atoms with Gasteiger partial charge in [0.1, 0.15) is 7.28 Å². The van der Waals surface area contributed by atoms with Crippen LogP contribution in [-0.4, -0.2) is 11.2 Å². The molecule has 2 rings (SSSR count). The first-order valence-corrected chi connectivity index (χ1v) is 17.2. The maximum atomic E-state index is 2.89. The fraction of sp³-hybridized carbons (Fsp3) is 0.879. The van der Waals surface area contributed by atoms with E-state index in [2.05, 4.69) is 75.7 Å². The molecule has 2 aliphatic carbocycles. The largest absolute Gasteiger partial charge is 0.105 e. The van der Waals surface area contributed by atoms with E-state index in [0.29, 0.717) is 0 Å². The molecular formula is C33H59BI. The van der Waals surface area contributed by atoms with Crippen LogP contribution in [-0.2, 0) is 0 Å². The van der Waals surface area contributed by atoms with E-state index in [4.69, 9.17) is 0 Å². The van der Waals surface area contributed by atoms with Crippen molar-refractivity contribution in [2.45, 2.75) is 153 Å². The van der Waals surface area contributed by atoms with Crippen molar-refractivity contribution in [2.24, 2.45) is 29.6 Å². The summed E-state index contributed by atoms with van der Waals surface area (Å²) >= 11 is 2.60. The summed E-state index contributed by atoms with van der Waals surface area (Å²) in [7, 11) is 2.34. The summed E-state index contributed by atoms with van der Waals surface area (Å²) in [6.07, 6.45) is 35.1. The van der Waals surface area contributed by atoms with E-state index >= 15 is 0 Å². The fourth-order valence-corrected chi connectivity index (χ4v) is 7.32. The van der Waals surface area contributed by atoms with Crippen LogP contribution in [0.25, 0.3) is 0 Å². The highest BCUT2D eigenvalue weighted by Gasteiger charge is 2.37. The Morgan fingerprint density at radius 3 is 2.17 bits per heavy atom. The van der Waals surface area contributed by atoms with Crippen LogP contribution in [0.5, 0.6) is 0 Å². The van der Waals surface area contributed by atoms with Gasteiger partial charge in [0.05, 0.1) is 0 Å². The third kappa shape index (κ3) is 12.1. The number of hydrogen-bond acceptors (Lipinski definition) is 0. The van der Waals surface area contributed by atoms with Crippen LogP contribution < -0.4 is 0 Å². The SMILES string of the molecule is C[B]CCCCCC1C=CC2CC(CCCCC)C(CCCCC)C=C2C1CCCCCC(C)I. The Labute approximate surface area is 235 Å². The molecule has 0 spiro atoms. The van der Waals surface area contributed by atoms with Crippen molar-refractivity contribution in [3.05, 3.63) is 23.8 Å². The first-order valence-electron chi connectivity index (χ1n) is 15.9. The van der Waals surface area contributed by atoms with Gasteiger partial charge in [0.2, 0.25) is 0 Å². The van der Waals surface area contributed by atoms with Crippen molar-refractivity contribution >= 4 is 29.9 Å². The summed E-state index contributed by atoms with van der Waals surface area (Å²) < 4.78 is 0.831. The molecule has 0 heterocycles. The Morgan fingerprint density at radius 1 is 0.800 bits per heavy atom. The van der Waals surface area contributed by atoms with E-state index in [1.807, 2.05) is 5.57 Å². The second-order valence-corrected chi connectivity index (χ2v) is 14.2. The first-order chi connectivity index (χ1) is 17.1. The molecule has 0 N–H and O–H groups in total. The highest BCUT2D eigenvalue weighted by molar-refractivity contribution is 14.1. The number of fused-ring (bicyclic) bond motifs is 1. The molecule has 0 aromatic heterocycles. The third-order valence-electron chi connectivity index (χ3n) is 9.00. The minimum atomic E-state index is 0.759. The Balaban J connectivity index is 2.10. The second-order valence-electron chi connectivity index (χ2n) is 12.0. The number of unbranched alkanes of at least 4 members (excludes halogenated alkanes) is 8. The van der Waals surface area contributed by atoms with Gasteiger partial charge in [-0.1, -0.05) is 157 Å². The monoisotopic (exact) mass is 593 g/mol. The minimum Gasteiger partial charge on any atom is -0.0920 e. The van der Waals surface area contributed by atoms with Gasteiger partial charge in [0.25, 0.3) is 0 Å². The lowest BCUT2D eigenvalue weighted by Gasteiger charge is -2.42. The van der Waals surface area contributed by atoms with Crippen molar-refractivity contribution < 1.29 is 0 Å². The van der Waals surface area contributed by atoms with Gasteiger partial charge < -0.3 is 0 Å². The van der Waals surface area contributed by atoms with Crippen molar-refractivity contribution in [1.29, 1.82) is 0 Å². The lowest BCUT2D eigenvalue weighted by molar-refractivity contribution is 0.241. The minimum absolute atomic E-state index is 0.759. The molecule has 0 saturated heterocycles. The van der Waals surface area contributed by atoms with Crippen molar-refractivity contribution in [1.82, 2.24) is 0 Å². The summed E-state index contributed by atoms with van der Waals surface area (Å²) in [6.45, 7) is 9.29. The predicted molar refractivity (Wildman–Crippen MR) is 169 cm³/mol. The molecule has 0 aromatic carbocycles. The summed E-state index contributed by atoms with van der Waals surface area (Å²) in [4.78, 5) is 0. The Hall–Kier alpha value is 0.275. The molecule has 0 bridgehead atoms. The van der Waals surface area contributed by atoms with E-state index in [1.165, 1.54) is 122 Å². The highest BCUT2D eigenvalue weighted by atomic mass is 127. The van der Waals surface area contributed by atoms with E-state index in [0.717, 1.165) is 33.5 Å². The topological polar surface area (TPSA) is 0 Å². The van der Waals surface area contributed by atoms with E-state index in [9.17, 15) is 0 Å². The third-order valence-corrected chi connectivity index (χ3v) is 9.62. The summed E-state index contributed by atoms with van der Waals surface area (Å²) in [5, 5.41) is 0. The molecule has 35 heavy (non-hydrogen) atoms. The van der Waals surface area contributed by atoms with E-state index < -0.39 is 0 Å². The molecule has 2 heteroatoms. The number of alkyl halides is 1. The van der Waals surface area contributed by atoms with Gasteiger partial charge in [-0.2, -0.15) is 0 Å². The normalized spacial score (nSPS) is 26.9. The van der Waals surface area contributed by atoms with Gasteiger partial charge in [-0.15, -0.1) is 0 Å². The van der Waals surface area contributed by atoms with Crippen LogP contribution in [0.2, 0.25) is 13.1 Å². The van der Waals surface area contributed by atoms with Crippen molar-refractivity contribution in [3.63, 3.8) is 0 Å². The van der Waals surface area contributed by atoms with Crippen molar-refractivity contribution in [2.75, 3.05) is 0 Å². The molecule has 0 aliphatic heterocycles. The zero-order valence-corrected chi connectivity index (χ0v) is 26.2. The van der Waals surface area contributed by atoms with Gasteiger partial charge in [0.15, 0.2) is 0 Å². The molecule has 1 radical (unpaired) electrons. The Bertz CT molecular complexity index is 580. The van der Waals surface area contributed by atoms with Crippen LogP contribution in [0.1, 0.15) is 136 Å². The zero-order valence-electron chi connectivity index (χ0n) is 24.1. The summed E-state index contributed by atoms with van der Waals surface area (Å²) in [6, 6.07) is 0. The molecule has 0 fully saturated rings. The number of allylic oxidation sites excluding steroid dienone is 4. The molecule has 0 saturated carbocycles. The maximum Gasteiger partial charge on any atom is 0.105 e. The lowest BCUT2D eigenvalue weighted by atomic mass is 9.62. The van der Waals surface area contributed by atoms with Crippen LogP contribution in [0.3, 0.4) is 0 Å². The van der Waals surface area contributed by atoms with Gasteiger partial charge in [-0.05, 0) is 68.1 Å². The van der Waals surface area contributed by atoms with Crippen molar-refractivity contribution in [3.8, 4) is 0 Å². The molecule has 0 amide bonds. The standard InChI is InChI=1S/C33H59BI/c1-5-7-11-19-29-25-31-23-22-28(18-14-10-16-24-34-4)32(21-15-9-13-17-27(3)35)33(31)26-30(29)20-12-8-6-2/h22-23,26-32H,5-21,24-25H2,1-4H3. The molecular weight excluding hydrogens is 534 g/mol. The van der Waals surface area contributed by atoms with Crippen LogP contribution in [0.4, 0.5) is 0 Å².